The van der Waals surface area contributed by atoms with Crippen LogP contribution < -0.4 is 10.1 Å². The Morgan fingerprint density at radius 3 is 2.61 bits per heavy atom. The smallest absolute Gasteiger partial charge is 0.347 e. The number of carboxylic acid groups (broad SMARTS) is 1. The van der Waals surface area contributed by atoms with Crippen LogP contribution in [0.1, 0.15) is 42.8 Å². The minimum Gasteiger partial charge on any atom is -0.478 e. The molecule has 0 amide bonds. The molecule has 1 atom stereocenters. The van der Waals surface area contributed by atoms with Gasteiger partial charge in [0.2, 0.25) is 11.8 Å². The van der Waals surface area contributed by atoms with E-state index in [2.05, 4.69) is 26.2 Å². The van der Waals surface area contributed by atoms with Gasteiger partial charge in [-0.1, -0.05) is 34.1 Å². The van der Waals surface area contributed by atoms with E-state index < -0.39 is 11.6 Å². The first-order chi connectivity index (χ1) is 16.7. The Kier molecular flexibility index (Phi) is 8.94. The van der Waals surface area contributed by atoms with Crippen LogP contribution in [0, 0.1) is 6.92 Å². The van der Waals surface area contributed by atoms with E-state index in [0.29, 0.717) is 30.5 Å². The average molecular weight is 577 g/mol. The molecule has 1 unspecified atom stereocenters. The average Bonchev–Trinajstić information content (AvgIpc) is 3.47. The summed E-state index contributed by atoms with van der Waals surface area (Å²) < 4.78 is 18.1. The Morgan fingerprint density at radius 1 is 1.22 bits per heavy atom. The van der Waals surface area contributed by atoms with Crippen molar-refractivity contribution in [3.8, 4) is 17.2 Å². The van der Waals surface area contributed by atoms with E-state index in [-0.39, 0.29) is 18.4 Å². The van der Waals surface area contributed by atoms with Gasteiger partial charge >= 0.3 is 5.97 Å². The molecule has 0 saturated carbocycles. The number of carboxylic acids is 1. The Labute approximate surface area is 223 Å². The lowest BCUT2D eigenvalue weighted by molar-refractivity contribution is -0.152. The number of ether oxygens (including phenoxy) is 1. The number of oxazole rings is 2. The molecule has 4 aromatic rings. The lowest BCUT2D eigenvalue weighted by atomic mass is 10.1. The first-order valence-corrected chi connectivity index (χ1v) is 11.9. The molecule has 0 fully saturated rings. The first-order valence-electron chi connectivity index (χ1n) is 11.1. The monoisotopic (exact) mass is 575 g/mol. The summed E-state index contributed by atoms with van der Waals surface area (Å²) >= 11 is 3.48. The summed E-state index contributed by atoms with van der Waals surface area (Å²) in [6, 6.07) is 14.9. The minimum absolute atomic E-state index is 0. The van der Waals surface area contributed by atoms with E-state index in [0.717, 1.165) is 27.1 Å². The van der Waals surface area contributed by atoms with Crippen molar-refractivity contribution in [1.82, 2.24) is 15.3 Å². The second-order valence-corrected chi connectivity index (χ2v) is 9.52. The number of rotatable bonds is 10. The van der Waals surface area contributed by atoms with Crippen LogP contribution in [0.15, 0.2) is 74.3 Å². The maximum atomic E-state index is 11.3. The van der Waals surface area contributed by atoms with Crippen molar-refractivity contribution in [2.24, 2.45) is 0 Å². The van der Waals surface area contributed by atoms with Gasteiger partial charge < -0.3 is 24.0 Å². The SMILES string of the molecule is Cc1oc(-c2cccc(Br)c2)nc1CC(NCc1ccc(OC(C)(C)C(=O)O)cc1)c1ncco1.Cl. The molecule has 0 aliphatic carbocycles. The highest BCUT2D eigenvalue weighted by Crippen LogP contribution is 2.27. The zero-order valence-corrected chi connectivity index (χ0v) is 22.4. The maximum Gasteiger partial charge on any atom is 0.347 e. The summed E-state index contributed by atoms with van der Waals surface area (Å²) in [5.41, 5.74) is 1.40. The molecule has 0 spiro atoms. The van der Waals surface area contributed by atoms with E-state index in [4.69, 9.17) is 18.6 Å². The summed E-state index contributed by atoms with van der Waals surface area (Å²) in [5, 5.41) is 12.7. The molecule has 4 rings (SSSR count). The third-order valence-electron chi connectivity index (χ3n) is 5.48. The van der Waals surface area contributed by atoms with Crippen LogP contribution in [-0.4, -0.2) is 26.6 Å². The summed E-state index contributed by atoms with van der Waals surface area (Å²) in [5.74, 6) is 1.32. The van der Waals surface area contributed by atoms with Crippen LogP contribution in [0.3, 0.4) is 0 Å². The molecule has 10 heteroatoms. The van der Waals surface area contributed by atoms with E-state index in [1.54, 1.807) is 24.6 Å². The second kappa shape index (κ2) is 11.7. The van der Waals surface area contributed by atoms with Gasteiger partial charge in [0.25, 0.3) is 0 Å². The van der Waals surface area contributed by atoms with Crippen molar-refractivity contribution >= 4 is 34.3 Å². The number of carbonyl (C=O) groups is 1. The summed E-state index contributed by atoms with van der Waals surface area (Å²) in [7, 11) is 0. The molecular formula is C26H27BrClN3O5. The lowest BCUT2D eigenvalue weighted by Crippen LogP contribution is -2.37. The van der Waals surface area contributed by atoms with Crippen molar-refractivity contribution in [1.29, 1.82) is 0 Å². The molecule has 8 nitrogen and oxygen atoms in total. The molecule has 0 aliphatic rings. The van der Waals surface area contributed by atoms with Crippen LogP contribution in [0.4, 0.5) is 0 Å². The largest absolute Gasteiger partial charge is 0.478 e. The number of benzene rings is 2. The van der Waals surface area contributed by atoms with E-state index in [9.17, 15) is 9.90 Å². The van der Waals surface area contributed by atoms with Crippen LogP contribution in [0.5, 0.6) is 5.75 Å². The Balaban J connectivity index is 0.00000361. The molecule has 0 bridgehead atoms. The lowest BCUT2D eigenvalue weighted by Gasteiger charge is -2.21. The van der Waals surface area contributed by atoms with E-state index in [1.807, 2.05) is 43.3 Å². The van der Waals surface area contributed by atoms with Gasteiger partial charge in [-0.3, -0.25) is 0 Å². The summed E-state index contributed by atoms with van der Waals surface area (Å²) in [6.45, 7) is 5.46. The van der Waals surface area contributed by atoms with Gasteiger partial charge in [0.05, 0.1) is 17.9 Å². The Hall–Kier alpha value is -3.14. The van der Waals surface area contributed by atoms with Gasteiger partial charge in [-0.05, 0) is 56.7 Å². The zero-order chi connectivity index (χ0) is 25.0. The molecule has 36 heavy (non-hydrogen) atoms. The molecule has 0 radical (unpaired) electrons. The van der Waals surface area contributed by atoms with Crippen molar-refractivity contribution in [2.45, 2.75) is 45.4 Å². The molecule has 2 N–H and O–H groups in total. The molecule has 2 heterocycles. The predicted molar refractivity (Wildman–Crippen MR) is 140 cm³/mol. The highest BCUT2D eigenvalue weighted by atomic mass is 79.9. The zero-order valence-electron chi connectivity index (χ0n) is 20.0. The normalized spacial score (nSPS) is 12.1. The standard InChI is InChI=1S/C26H26BrN3O5.ClH/c1-16-21(30-23(34-16)18-5-4-6-19(27)13-18)14-22(24-28-11-12-33-24)29-15-17-7-9-20(10-8-17)35-26(2,3)25(31)32;/h4-13,22,29H,14-15H2,1-3H3,(H,31,32);1H. The third kappa shape index (κ3) is 6.75. The molecule has 190 valence electrons. The number of aromatic nitrogens is 2. The van der Waals surface area contributed by atoms with Gasteiger partial charge in [0.15, 0.2) is 5.60 Å². The van der Waals surface area contributed by atoms with Crippen molar-refractivity contribution in [3.63, 3.8) is 0 Å². The quantitative estimate of drug-likeness (QED) is 0.232. The van der Waals surface area contributed by atoms with Gasteiger partial charge in [-0.25, -0.2) is 14.8 Å². The molecule has 2 aromatic heterocycles. The molecule has 0 saturated heterocycles. The summed E-state index contributed by atoms with van der Waals surface area (Å²) in [4.78, 5) is 20.3. The van der Waals surface area contributed by atoms with Gasteiger partial charge in [-0.2, -0.15) is 0 Å². The Bertz CT molecular complexity index is 1290. The Morgan fingerprint density at radius 2 is 1.97 bits per heavy atom. The number of aliphatic carboxylic acids is 1. The summed E-state index contributed by atoms with van der Waals surface area (Å²) in [6.07, 6.45) is 3.68. The third-order valence-corrected chi connectivity index (χ3v) is 5.97. The van der Waals surface area contributed by atoms with Crippen molar-refractivity contribution < 1.29 is 23.5 Å². The highest BCUT2D eigenvalue weighted by Gasteiger charge is 2.29. The predicted octanol–water partition coefficient (Wildman–Crippen LogP) is 6.14. The minimum atomic E-state index is -1.31. The maximum absolute atomic E-state index is 11.3. The number of nitrogens with one attached hydrogen (secondary N) is 1. The molecule has 2 aromatic carbocycles. The fourth-order valence-corrected chi connectivity index (χ4v) is 3.86. The number of aryl methyl sites for hydroxylation is 1. The fourth-order valence-electron chi connectivity index (χ4n) is 3.46. The van der Waals surface area contributed by atoms with Crippen LogP contribution in [0.2, 0.25) is 0 Å². The fraction of sp³-hybridized carbons (Fsp3) is 0.269. The first kappa shape index (κ1) is 27.4. The number of halogens is 2. The van der Waals surface area contributed by atoms with E-state index >= 15 is 0 Å². The number of hydrogen-bond donors (Lipinski definition) is 2. The topological polar surface area (TPSA) is 111 Å². The number of hydrogen-bond acceptors (Lipinski definition) is 7. The van der Waals surface area contributed by atoms with E-state index in [1.165, 1.54) is 13.8 Å². The second-order valence-electron chi connectivity index (χ2n) is 8.60. The van der Waals surface area contributed by atoms with Gasteiger partial charge in [-0.15, -0.1) is 12.4 Å². The van der Waals surface area contributed by atoms with Gasteiger partial charge in [0.1, 0.15) is 17.8 Å². The molecular weight excluding hydrogens is 550 g/mol. The van der Waals surface area contributed by atoms with Crippen LogP contribution >= 0.6 is 28.3 Å². The van der Waals surface area contributed by atoms with Gasteiger partial charge in [0, 0.05) is 23.0 Å². The van der Waals surface area contributed by atoms with Crippen LogP contribution in [-0.2, 0) is 17.8 Å². The number of nitrogens with zero attached hydrogens (tertiary/aromatic N) is 2. The van der Waals surface area contributed by atoms with Crippen LogP contribution in [0.25, 0.3) is 11.5 Å². The highest BCUT2D eigenvalue weighted by molar-refractivity contribution is 9.10. The van der Waals surface area contributed by atoms with Crippen molar-refractivity contribution in [3.05, 3.63) is 88.4 Å². The van der Waals surface area contributed by atoms with Crippen molar-refractivity contribution in [2.75, 3.05) is 0 Å². The molecule has 0 aliphatic heterocycles.